The predicted molar refractivity (Wildman–Crippen MR) is 68.3 cm³/mol. The molecular formula is C14H15NO3. The van der Waals surface area contributed by atoms with Gasteiger partial charge in [-0.3, -0.25) is 0 Å². The first kappa shape index (κ1) is 12.2. The molecule has 1 heterocycles. The highest BCUT2D eigenvalue weighted by atomic mass is 16.5. The Bertz CT molecular complexity index is 545. The van der Waals surface area contributed by atoms with Crippen LogP contribution >= 0.6 is 0 Å². The summed E-state index contributed by atoms with van der Waals surface area (Å²) in [7, 11) is 1.60. The van der Waals surface area contributed by atoms with Gasteiger partial charge in [0.1, 0.15) is 11.4 Å². The van der Waals surface area contributed by atoms with Gasteiger partial charge in [-0.1, -0.05) is 12.1 Å². The molecule has 4 nitrogen and oxygen atoms in total. The average Bonchev–Trinajstić information content (AvgIpc) is 2.88. The summed E-state index contributed by atoms with van der Waals surface area (Å²) in [6.45, 7) is 2.14. The van der Waals surface area contributed by atoms with E-state index in [1.807, 2.05) is 30.5 Å². The Kier molecular flexibility index (Phi) is 3.67. The highest BCUT2D eigenvalue weighted by molar-refractivity contribution is 5.88. The Labute approximate surface area is 106 Å². The zero-order valence-corrected chi connectivity index (χ0v) is 10.4. The number of para-hydroxylation sites is 2. The number of methoxy groups -OCH3 is 1. The highest BCUT2D eigenvalue weighted by Gasteiger charge is 2.14. The van der Waals surface area contributed by atoms with E-state index in [0.717, 1.165) is 5.69 Å². The van der Waals surface area contributed by atoms with Crippen molar-refractivity contribution in [1.82, 2.24) is 4.57 Å². The minimum atomic E-state index is -0.339. The molecule has 18 heavy (non-hydrogen) atoms. The van der Waals surface area contributed by atoms with Crippen LogP contribution in [0.25, 0.3) is 5.69 Å². The van der Waals surface area contributed by atoms with Gasteiger partial charge in [-0.05, 0) is 31.2 Å². The molecule has 0 saturated heterocycles. The number of carbonyl (C=O) groups is 1. The molecule has 2 aromatic rings. The first-order valence-electron chi connectivity index (χ1n) is 5.75. The van der Waals surface area contributed by atoms with Gasteiger partial charge in [0.25, 0.3) is 0 Å². The van der Waals surface area contributed by atoms with Gasteiger partial charge in [-0.25, -0.2) is 4.79 Å². The maximum absolute atomic E-state index is 11.8. The van der Waals surface area contributed by atoms with E-state index >= 15 is 0 Å². The third kappa shape index (κ3) is 2.22. The van der Waals surface area contributed by atoms with Gasteiger partial charge >= 0.3 is 5.97 Å². The molecule has 94 valence electrons. The standard InChI is InChI=1S/C14H15NO3/c1-3-18-14(16)12-8-6-10-15(12)11-7-4-5-9-13(11)17-2/h4-10H,3H2,1-2H3. The van der Waals surface area contributed by atoms with Gasteiger partial charge < -0.3 is 14.0 Å². The summed E-state index contributed by atoms with van der Waals surface area (Å²) in [5.74, 6) is 0.368. The number of benzene rings is 1. The quantitative estimate of drug-likeness (QED) is 0.777. The van der Waals surface area contributed by atoms with Gasteiger partial charge in [0.2, 0.25) is 0 Å². The van der Waals surface area contributed by atoms with Crippen LogP contribution in [0.15, 0.2) is 42.6 Å². The van der Waals surface area contributed by atoms with E-state index < -0.39 is 0 Å². The van der Waals surface area contributed by atoms with Crippen molar-refractivity contribution in [3.63, 3.8) is 0 Å². The minimum absolute atomic E-state index is 0.339. The van der Waals surface area contributed by atoms with Crippen LogP contribution < -0.4 is 4.74 Å². The monoisotopic (exact) mass is 245 g/mol. The van der Waals surface area contributed by atoms with Gasteiger partial charge in [-0.2, -0.15) is 0 Å². The molecule has 0 radical (unpaired) electrons. The summed E-state index contributed by atoms with van der Waals surface area (Å²) in [5, 5.41) is 0. The van der Waals surface area contributed by atoms with E-state index in [2.05, 4.69) is 0 Å². The SMILES string of the molecule is CCOC(=O)c1cccn1-c1ccccc1OC. The van der Waals surface area contributed by atoms with Crippen molar-refractivity contribution in [2.24, 2.45) is 0 Å². The molecule has 0 bridgehead atoms. The van der Waals surface area contributed by atoms with E-state index in [1.165, 1.54) is 0 Å². The summed E-state index contributed by atoms with van der Waals surface area (Å²) < 4.78 is 12.1. The fraction of sp³-hybridized carbons (Fsp3) is 0.214. The Hall–Kier alpha value is -2.23. The van der Waals surface area contributed by atoms with E-state index in [4.69, 9.17) is 9.47 Å². The molecule has 0 amide bonds. The number of nitrogens with zero attached hydrogens (tertiary/aromatic N) is 1. The molecule has 0 atom stereocenters. The molecular weight excluding hydrogens is 230 g/mol. The molecule has 0 unspecified atom stereocenters. The smallest absolute Gasteiger partial charge is 0.355 e. The largest absolute Gasteiger partial charge is 0.495 e. The fourth-order valence-corrected chi connectivity index (χ4v) is 1.79. The third-order valence-electron chi connectivity index (χ3n) is 2.58. The number of carbonyl (C=O) groups excluding carboxylic acids is 1. The average molecular weight is 245 g/mol. The summed E-state index contributed by atoms with van der Waals surface area (Å²) in [5.41, 5.74) is 1.30. The maximum Gasteiger partial charge on any atom is 0.355 e. The molecule has 2 rings (SSSR count). The van der Waals surface area contributed by atoms with Crippen LogP contribution in [0.3, 0.4) is 0 Å². The van der Waals surface area contributed by atoms with Crippen molar-refractivity contribution in [1.29, 1.82) is 0 Å². The Morgan fingerprint density at radius 2 is 2.00 bits per heavy atom. The lowest BCUT2D eigenvalue weighted by molar-refractivity contribution is 0.0517. The molecule has 1 aromatic heterocycles. The van der Waals surface area contributed by atoms with Crippen LogP contribution in [0, 0.1) is 0 Å². The van der Waals surface area contributed by atoms with Crippen molar-refractivity contribution in [2.45, 2.75) is 6.92 Å². The molecule has 1 aromatic carbocycles. The summed E-state index contributed by atoms with van der Waals surface area (Å²) in [4.78, 5) is 11.8. The molecule has 4 heteroatoms. The zero-order chi connectivity index (χ0) is 13.0. The topological polar surface area (TPSA) is 40.5 Å². The van der Waals surface area contributed by atoms with Gasteiger partial charge in [-0.15, -0.1) is 0 Å². The lowest BCUT2D eigenvalue weighted by Crippen LogP contribution is -2.11. The Balaban J connectivity index is 2.45. The van der Waals surface area contributed by atoms with Crippen LogP contribution in [0.5, 0.6) is 5.75 Å². The Morgan fingerprint density at radius 3 is 2.72 bits per heavy atom. The third-order valence-corrected chi connectivity index (χ3v) is 2.58. The van der Waals surface area contributed by atoms with Crippen LogP contribution in [0.1, 0.15) is 17.4 Å². The second-order valence-corrected chi connectivity index (χ2v) is 3.66. The van der Waals surface area contributed by atoms with Crippen LogP contribution in [0.2, 0.25) is 0 Å². The summed E-state index contributed by atoms with van der Waals surface area (Å²) in [6.07, 6.45) is 1.81. The predicted octanol–water partition coefficient (Wildman–Crippen LogP) is 2.66. The zero-order valence-electron chi connectivity index (χ0n) is 10.4. The lowest BCUT2D eigenvalue weighted by atomic mass is 10.3. The number of hydrogen-bond donors (Lipinski definition) is 0. The number of ether oxygens (including phenoxy) is 2. The van der Waals surface area contributed by atoms with Crippen molar-refractivity contribution < 1.29 is 14.3 Å². The number of aromatic nitrogens is 1. The highest BCUT2D eigenvalue weighted by Crippen LogP contribution is 2.24. The Morgan fingerprint density at radius 1 is 1.22 bits per heavy atom. The molecule has 0 aliphatic heterocycles. The molecule has 0 spiro atoms. The number of esters is 1. The van der Waals surface area contributed by atoms with Gasteiger partial charge in [0.05, 0.1) is 19.4 Å². The van der Waals surface area contributed by atoms with Crippen molar-refractivity contribution in [3.05, 3.63) is 48.3 Å². The summed E-state index contributed by atoms with van der Waals surface area (Å²) in [6, 6.07) is 11.1. The van der Waals surface area contributed by atoms with Crippen molar-refractivity contribution in [2.75, 3.05) is 13.7 Å². The summed E-state index contributed by atoms with van der Waals surface area (Å²) >= 11 is 0. The lowest BCUT2D eigenvalue weighted by Gasteiger charge is -2.12. The normalized spacial score (nSPS) is 10.1. The fourth-order valence-electron chi connectivity index (χ4n) is 1.79. The van der Waals surface area contributed by atoms with Crippen LogP contribution in [-0.2, 0) is 4.74 Å². The molecule has 0 aliphatic carbocycles. The minimum Gasteiger partial charge on any atom is -0.495 e. The second kappa shape index (κ2) is 5.40. The number of hydrogen-bond acceptors (Lipinski definition) is 3. The van der Waals surface area contributed by atoms with E-state index in [1.54, 1.807) is 30.7 Å². The van der Waals surface area contributed by atoms with Gasteiger partial charge in [0.15, 0.2) is 0 Å². The van der Waals surface area contributed by atoms with E-state index in [0.29, 0.717) is 18.1 Å². The van der Waals surface area contributed by atoms with Crippen molar-refractivity contribution in [3.8, 4) is 11.4 Å². The second-order valence-electron chi connectivity index (χ2n) is 3.66. The van der Waals surface area contributed by atoms with Gasteiger partial charge in [0, 0.05) is 6.20 Å². The molecule has 0 saturated carbocycles. The molecule has 0 fully saturated rings. The maximum atomic E-state index is 11.8. The van der Waals surface area contributed by atoms with Crippen LogP contribution in [-0.4, -0.2) is 24.3 Å². The first-order chi connectivity index (χ1) is 8.77. The van der Waals surface area contributed by atoms with E-state index in [-0.39, 0.29) is 5.97 Å². The van der Waals surface area contributed by atoms with Crippen molar-refractivity contribution >= 4 is 5.97 Å². The van der Waals surface area contributed by atoms with E-state index in [9.17, 15) is 4.79 Å². The number of rotatable bonds is 4. The first-order valence-corrected chi connectivity index (χ1v) is 5.75. The van der Waals surface area contributed by atoms with Crippen LogP contribution in [0.4, 0.5) is 0 Å². The molecule has 0 aliphatic rings. The molecule has 0 N–H and O–H groups in total.